The molecule has 124 valence electrons. The van der Waals surface area contributed by atoms with Gasteiger partial charge in [0.1, 0.15) is 6.07 Å². The van der Waals surface area contributed by atoms with E-state index in [0.29, 0.717) is 17.8 Å². The zero-order chi connectivity index (χ0) is 17.2. The maximum Gasteiger partial charge on any atom is 0.416 e. The molecule has 1 aliphatic carbocycles. The highest BCUT2D eigenvalue weighted by atomic mass is 19.4. The number of aromatic nitrogens is 2. The Morgan fingerprint density at radius 1 is 1.12 bits per heavy atom. The lowest BCUT2D eigenvalue weighted by atomic mass is 9.89. The van der Waals surface area contributed by atoms with Crippen LogP contribution in [0.3, 0.4) is 0 Å². The first-order valence-corrected chi connectivity index (χ1v) is 7.64. The molecule has 1 heterocycles. The van der Waals surface area contributed by atoms with Crippen molar-refractivity contribution in [2.75, 3.05) is 5.32 Å². The van der Waals surface area contributed by atoms with E-state index in [2.05, 4.69) is 15.3 Å². The van der Waals surface area contributed by atoms with Gasteiger partial charge in [-0.1, -0.05) is 24.6 Å². The number of anilines is 1. The van der Waals surface area contributed by atoms with Crippen LogP contribution in [0.1, 0.15) is 42.0 Å². The molecule has 0 aliphatic heterocycles. The van der Waals surface area contributed by atoms with Crippen molar-refractivity contribution < 1.29 is 13.2 Å². The van der Waals surface area contributed by atoms with E-state index in [1.807, 2.05) is 6.07 Å². The van der Waals surface area contributed by atoms with Crippen molar-refractivity contribution in [1.82, 2.24) is 9.97 Å². The van der Waals surface area contributed by atoms with Crippen LogP contribution in [0, 0.1) is 11.3 Å². The number of nitriles is 1. The smallest absolute Gasteiger partial charge is 0.364 e. The Kier molecular flexibility index (Phi) is 4.38. The highest BCUT2D eigenvalue weighted by molar-refractivity contribution is 5.49. The molecule has 1 aromatic carbocycles. The Balaban J connectivity index is 1.91. The van der Waals surface area contributed by atoms with Gasteiger partial charge in [-0.3, -0.25) is 0 Å². The van der Waals surface area contributed by atoms with Crippen LogP contribution in [0.5, 0.6) is 0 Å². The van der Waals surface area contributed by atoms with Gasteiger partial charge < -0.3 is 5.32 Å². The van der Waals surface area contributed by atoms with E-state index in [-0.39, 0.29) is 17.7 Å². The average Bonchev–Trinajstić information content (AvgIpc) is 3.02. The second-order valence-corrected chi connectivity index (χ2v) is 5.74. The van der Waals surface area contributed by atoms with Crippen molar-refractivity contribution in [1.29, 1.82) is 5.26 Å². The van der Waals surface area contributed by atoms with Crippen molar-refractivity contribution in [3.63, 3.8) is 0 Å². The predicted molar refractivity (Wildman–Crippen MR) is 82.2 cm³/mol. The molecule has 0 bridgehead atoms. The molecule has 1 N–H and O–H groups in total. The molecule has 3 rings (SSSR count). The van der Waals surface area contributed by atoms with Crippen molar-refractivity contribution in [2.24, 2.45) is 0 Å². The van der Waals surface area contributed by atoms with Gasteiger partial charge in [0.2, 0.25) is 0 Å². The molecular formula is C17H15F3N4. The minimum atomic E-state index is -4.38. The summed E-state index contributed by atoms with van der Waals surface area (Å²) in [5.41, 5.74) is -0.155. The van der Waals surface area contributed by atoms with Crippen LogP contribution in [0.25, 0.3) is 0 Å². The van der Waals surface area contributed by atoms with Crippen LogP contribution in [0.2, 0.25) is 0 Å². The maximum atomic E-state index is 13.3. The monoisotopic (exact) mass is 332 g/mol. The van der Waals surface area contributed by atoms with Crippen LogP contribution in [0.4, 0.5) is 19.0 Å². The van der Waals surface area contributed by atoms with Crippen molar-refractivity contribution in [3.8, 4) is 6.07 Å². The first-order valence-electron chi connectivity index (χ1n) is 7.64. The molecule has 0 radical (unpaired) electrons. The Morgan fingerprint density at radius 3 is 2.62 bits per heavy atom. The van der Waals surface area contributed by atoms with E-state index in [0.717, 1.165) is 18.9 Å². The van der Waals surface area contributed by atoms with Crippen molar-refractivity contribution >= 4 is 5.82 Å². The Morgan fingerprint density at radius 2 is 1.88 bits per heavy atom. The predicted octanol–water partition coefficient (Wildman–Crippen LogP) is 4.12. The molecular weight excluding hydrogens is 317 g/mol. The molecule has 24 heavy (non-hydrogen) atoms. The van der Waals surface area contributed by atoms with Crippen LogP contribution >= 0.6 is 0 Å². The van der Waals surface area contributed by atoms with E-state index >= 15 is 0 Å². The van der Waals surface area contributed by atoms with Gasteiger partial charge in [0.15, 0.2) is 11.5 Å². The van der Waals surface area contributed by atoms with Crippen LogP contribution < -0.4 is 5.32 Å². The summed E-state index contributed by atoms with van der Waals surface area (Å²) in [6.07, 6.45) is 0.682. The van der Waals surface area contributed by atoms with E-state index in [1.54, 1.807) is 6.07 Å². The van der Waals surface area contributed by atoms with Crippen molar-refractivity contribution in [3.05, 3.63) is 53.5 Å². The molecule has 2 aromatic rings. The van der Waals surface area contributed by atoms with Crippen LogP contribution in [0.15, 0.2) is 36.7 Å². The third-order valence-electron chi connectivity index (χ3n) is 4.31. The second kappa shape index (κ2) is 6.48. The fourth-order valence-electron chi connectivity index (χ4n) is 3.28. The maximum absolute atomic E-state index is 13.3. The summed E-state index contributed by atoms with van der Waals surface area (Å²) in [7, 11) is 0. The normalized spacial score (nSPS) is 20.6. The van der Waals surface area contributed by atoms with Gasteiger partial charge in [-0.2, -0.15) is 18.4 Å². The number of hydrogen-bond donors (Lipinski definition) is 1. The van der Waals surface area contributed by atoms with Gasteiger partial charge >= 0.3 is 6.18 Å². The molecule has 1 saturated carbocycles. The minimum absolute atomic E-state index is 0.146. The molecule has 2 atom stereocenters. The Labute approximate surface area is 137 Å². The number of halogens is 3. The van der Waals surface area contributed by atoms with E-state index in [4.69, 9.17) is 5.26 Å². The van der Waals surface area contributed by atoms with Gasteiger partial charge in [0.05, 0.1) is 5.56 Å². The van der Waals surface area contributed by atoms with Gasteiger partial charge in [-0.15, -0.1) is 0 Å². The summed E-state index contributed by atoms with van der Waals surface area (Å²) in [5, 5.41) is 12.2. The highest BCUT2D eigenvalue weighted by Gasteiger charge is 2.38. The van der Waals surface area contributed by atoms with E-state index < -0.39 is 11.7 Å². The first kappa shape index (κ1) is 16.2. The van der Waals surface area contributed by atoms with Gasteiger partial charge in [-0.05, 0) is 24.5 Å². The van der Waals surface area contributed by atoms with Crippen LogP contribution in [-0.4, -0.2) is 16.0 Å². The number of nitrogens with one attached hydrogen (secondary N) is 1. The lowest BCUT2D eigenvalue weighted by Gasteiger charge is -2.25. The number of hydrogen-bond acceptors (Lipinski definition) is 4. The summed E-state index contributed by atoms with van der Waals surface area (Å²) in [6.45, 7) is 0. The third kappa shape index (κ3) is 3.18. The summed E-state index contributed by atoms with van der Waals surface area (Å²) in [4.78, 5) is 8.02. The number of nitrogens with zero attached hydrogens (tertiary/aromatic N) is 3. The van der Waals surface area contributed by atoms with Crippen LogP contribution in [-0.2, 0) is 6.18 Å². The Hall–Kier alpha value is -2.62. The van der Waals surface area contributed by atoms with E-state index in [1.165, 1.54) is 24.5 Å². The first-order chi connectivity index (χ1) is 11.5. The third-order valence-corrected chi connectivity index (χ3v) is 4.31. The van der Waals surface area contributed by atoms with Gasteiger partial charge in [-0.25, -0.2) is 9.97 Å². The standard InChI is InChI=1S/C17H15F3N4/c18-17(19,20)13-6-2-1-4-11(13)12-5-3-7-14(12)24-16-15(10-21)22-8-9-23-16/h1-2,4,6,8-9,12,14H,3,5,7H2,(H,23,24). The number of benzene rings is 1. The molecule has 1 aromatic heterocycles. The quantitative estimate of drug-likeness (QED) is 0.918. The second-order valence-electron chi connectivity index (χ2n) is 5.74. The molecule has 0 saturated heterocycles. The number of alkyl halides is 3. The molecule has 1 fully saturated rings. The molecule has 0 amide bonds. The molecule has 7 heteroatoms. The number of rotatable bonds is 3. The molecule has 0 spiro atoms. The highest BCUT2D eigenvalue weighted by Crippen LogP contribution is 2.42. The largest absolute Gasteiger partial charge is 0.416 e. The fraction of sp³-hybridized carbons (Fsp3) is 0.353. The van der Waals surface area contributed by atoms with E-state index in [9.17, 15) is 13.2 Å². The van der Waals surface area contributed by atoms with Gasteiger partial charge in [0.25, 0.3) is 0 Å². The zero-order valence-corrected chi connectivity index (χ0v) is 12.7. The zero-order valence-electron chi connectivity index (χ0n) is 12.7. The average molecular weight is 332 g/mol. The summed E-state index contributed by atoms with van der Waals surface area (Å²) >= 11 is 0. The van der Waals surface area contributed by atoms with Crippen molar-refractivity contribution in [2.45, 2.75) is 37.4 Å². The lowest BCUT2D eigenvalue weighted by molar-refractivity contribution is -0.138. The summed E-state index contributed by atoms with van der Waals surface area (Å²) < 4.78 is 39.9. The SMILES string of the molecule is N#Cc1nccnc1NC1CCCC1c1ccccc1C(F)(F)F. The van der Waals surface area contributed by atoms with Gasteiger partial charge in [0, 0.05) is 24.4 Å². The Bertz CT molecular complexity index is 767. The topological polar surface area (TPSA) is 61.6 Å². The summed E-state index contributed by atoms with van der Waals surface area (Å²) in [5.74, 6) is 0.0396. The summed E-state index contributed by atoms with van der Waals surface area (Å²) in [6, 6.07) is 7.42. The molecule has 1 aliphatic rings. The molecule has 2 unspecified atom stereocenters. The minimum Gasteiger partial charge on any atom is -0.364 e. The fourth-order valence-corrected chi connectivity index (χ4v) is 3.28. The lowest BCUT2D eigenvalue weighted by Crippen LogP contribution is -2.25. The molecule has 4 nitrogen and oxygen atoms in total.